The molecule has 1 aliphatic heterocycles. The minimum atomic E-state index is -0.312. The van der Waals surface area contributed by atoms with Crippen LogP contribution in [0.5, 0.6) is 0 Å². The first kappa shape index (κ1) is 10.9. The molecule has 0 aliphatic carbocycles. The Labute approximate surface area is 87.9 Å². The Bertz CT molecular complexity index is 339. The van der Waals surface area contributed by atoms with Crippen LogP contribution in [0.3, 0.4) is 0 Å². The number of nitro benzene ring substituents is 1. The first-order valence-electron chi connectivity index (χ1n) is 4.23. The van der Waals surface area contributed by atoms with Crippen LogP contribution in [0.2, 0.25) is 0 Å². The van der Waals surface area contributed by atoms with Crippen LogP contribution in [-0.2, 0) is 0 Å². The predicted octanol–water partition coefficient (Wildman–Crippen LogP) is 1.70. The van der Waals surface area contributed by atoms with E-state index in [1.807, 2.05) is 12.1 Å². The molecule has 0 unspecified atom stereocenters. The quantitative estimate of drug-likeness (QED) is 0.602. The van der Waals surface area contributed by atoms with Gasteiger partial charge in [0.25, 0.3) is 5.69 Å². The van der Waals surface area contributed by atoms with E-state index in [1.54, 1.807) is 12.1 Å². The van der Waals surface area contributed by atoms with E-state index >= 15 is 0 Å². The zero-order valence-electron chi connectivity index (χ0n) is 7.47. The summed E-state index contributed by atoms with van der Waals surface area (Å²) in [5.74, 6) is 0.321. The van der Waals surface area contributed by atoms with Gasteiger partial charge >= 0.3 is 0 Å². The lowest BCUT2D eigenvalue weighted by atomic mass is 9.92. The van der Waals surface area contributed by atoms with Crippen molar-refractivity contribution >= 4 is 18.1 Å². The molecule has 0 spiro atoms. The van der Waals surface area contributed by atoms with E-state index in [4.69, 9.17) is 0 Å². The van der Waals surface area contributed by atoms with E-state index in [0.29, 0.717) is 5.92 Å². The van der Waals surface area contributed by atoms with Crippen molar-refractivity contribution in [2.24, 2.45) is 0 Å². The maximum Gasteiger partial charge on any atom is 0.272 e. The van der Waals surface area contributed by atoms with Crippen molar-refractivity contribution in [3.63, 3.8) is 0 Å². The molecule has 14 heavy (non-hydrogen) atoms. The van der Waals surface area contributed by atoms with Crippen molar-refractivity contribution in [3.8, 4) is 0 Å². The molecular formula is C9H11ClN2O2. The number of hydrogen-bond donors (Lipinski definition) is 1. The van der Waals surface area contributed by atoms with Gasteiger partial charge in [-0.3, -0.25) is 10.1 Å². The van der Waals surface area contributed by atoms with Gasteiger partial charge in [0, 0.05) is 30.6 Å². The standard InChI is InChI=1S/C9H10N2O2.ClH/c12-11(13)9-4-2-1-3-8(9)7-5-10-6-7;/h1-4,7,10H,5-6H2;1H. The lowest BCUT2D eigenvalue weighted by molar-refractivity contribution is -0.385. The van der Waals surface area contributed by atoms with Gasteiger partial charge < -0.3 is 5.32 Å². The molecule has 1 aromatic carbocycles. The summed E-state index contributed by atoms with van der Waals surface area (Å²) in [5.41, 5.74) is 1.10. The van der Waals surface area contributed by atoms with Gasteiger partial charge in [-0.05, 0) is 0 Å². The van der Waals surface area contributed by atoms with Crippen LogP contribution >= 0.6 is 12.4 Å². The summed E-state index contributed by atoms with van der Waals surface area (Å²) < 4.78 is 0. The Balaban J connectivity index is 0.000000980. The molecule has 5 heteroatoms. The second kappa shape index (κ2) is 4.39. The lowest BCUT2D eigenvalue weighted by Crippen LogP contribution is -2.40. The van der Waals surface area contributed by atoms with Crippen molar-refractivity contribution in [1.29, 1.82) is 0 Å². The normalized spacial score (nSPS) is 15.4. The van der Waals surface area contributed by atoms with Crippen LogP contribution in [0.4, 0.5) is 5.69 Å². The molecule has 2 rings (SSSR count). The molecule has 76 valence electrons. The number of nitrogens with zero attached hydrogens (tertiary/aromatic N) is 1. The number of rotatable bonds is 2. The number of hydrogen-bond acceptors (Lipinski definition) is 3. The number of halogens is 1. The molecule has 0 radical (unpaired) electrons. The number of nitro groups is 1. The maximum absolute atomic E-state index is 10.7. The van der Waals surface area contributed by atoms with Gasteiger partial charge in [0.2, 0.25) is 0 Å². The zero-order chi connectivity index (χ0) is 9.26. The molecule has 0 saturated carbocycles. The fraction of sp³-hybridized carbons (Fsp3) is 0.333. The number of nitrogens with one attached hydrogen (secondary N) is 1. The summed E-state index contributed by atoms with van der Waals surface area (Å²) in [6.07, 6.45) is 0. The van der Waals surface area contributed by atoms with Gasteiger partial charge in [0.1, 0.15) is 0 Å². The molecule has 1 N–H and O–H groups in total. The molecule has 0 aromatic heterocycles. The van der Waals surface area contributed by atoms with Crippen LogP contribution in [0.1, 0.15) is 11.5 Å². The third kappa shape index (κ3) is 1.86. The first-order valence-corrected chi connectivity index (χ1v) is 4.23. The third-order valence-corrected chi connectivity index (χ3v) is 2.35. The Morgan fingerprint density at radius 3 is 2.50 bits per heavy atom. The molecule has 0 amide bonds. The minimum Gasteiger partial charge on any atom is -0.315 e. The molecule has 1 aromatic rings. The smallest absolute Gasteiger partial charge is 0.272 e. The minimum absolute atomic E-state index is 0. The summed E-state index contributed by atoms with van der Waals surface area (Å²) in [7, 11) is 0. The van der Waals surface area contributed by atoms with Gasteiger partial charge in [-0.2, -0.15) is 0 Å². The van der Waals surface area contributed by atoms with Crippen molar-refractivity contribution in [3.05, 3.63) is 39.9 Å². The molecule has 4 nitrogen and oxygen atoms in total. The topological polar surface area (TPSA) is 55.2 Å². The Morgan fingerprint density at radius 1 is 1.36 bits per heavy atom. The van der Waals surface area contributed by atoms with Crippen LogP contribution in [0.15, 0.2) is 24.3 Å². The van der Waals surface area contributed by atoms with E-state index in [-0.39, 0.29) is 23.0 Å². The van der Waals surface area contributed by atoms with Crippen LogP contribution in [-0.4, -0.2) is 18.0 Å². The fourth-order valence-electron chi connectivity index (χ4n) is 1.51. The largest absolute Gasteiger partial charge is 0.315 e. The molecule has 1 saturated heterocycles. The second-order valence-corrected chi connectivity index (χ2v) is 3.17. The van der Waals surface area contributed by atoms with Crippen molar-refractivity contribution < 1.29 is 4.92 Å². The molecule has 0 atom stereocenters. The van der Waals surface area contributed by atoms with E-state index in [2.05, 4.69) is 5.32 Å². The Hall–Kier alpha value is -1.13. The molecule has 1 fully saturated rings. The summed E-state index contributed by atoms with van der Waals surface area (Å²) in [4.78, 5) is 10.3. The molecule has 1 heterocycles. The van der Waals surface area contributed by atoms with E-state index in [1.165, 1.54) is 0 Å². The van der Waals surface area contributed by atoms with E-state index in [9.17, 15) is 10.1 Å². The van der Waals surface area contributed by atoms with Crippen LogP contribution in [0, 0.1) is 10.1 Å². The highest BCUT2D eigenvalue weighted by molar-refractivity contribution is 5.85. The van der Waals surface area contributed by atoms with Crippen molar-refractivity contribution in [2.75, 3.05) is 13.1 Å². The summed E-state index contributed by atoms with van der Waals surface area (Å²) in [5, 5.41) is 13.8. The summed E-state index contributed by atoms with van der Waals surface area (Å²) in [6.45, 7) is 1.70. The van der Waals surface area contributed by atoms with Gasteiger partial charge in [-0.15, -0.1) is 12.4 Å². The molecule has 0 bridgehead atoms. The van der Waals surface area contributed by atoms with Crippen LogP contribution in [0.25, 0.3) is 0 Å². The first-order chi connectivity index (χ1) is 6.29. The highest BCUT2D eigenvalue weighted by Crippen LogP contribution is 2.28. The van der Waals surface area contributed by atoms with Crippen molar-refractivity contribution in [2.45, 2.75) is 5.92 Å². The molecular weight excluding hydrogens is 204 g/mol. The zero-order valence-corrected chi connectivity index (χ0v) is 8.29. The number of benzene rings is 1. The van der Waals surface area contributed by atoms with Gasteiger partial charge in [-0.1, -0.05) is 18.2 Å². The second-order valence-electron chi connectivity index (χ2n) is 3.17. The average Bonchev–Trinajstić information content (AvgIpc) is 2.02. The predicted molar refractivity (Wildman–Crippen MR) is 56.0 cm³/mol. The highest BCUT2D eigenvalue weighted by atomic mass is 35.5. The van der Waals surface area contributed by atoms with Gasteiger partial charge in [-0.25, -0.2) is 0 Å². The monoisotopic (exact) mass is 214 g/mol. The maximum atomic E-state index is 10.7. The summed E-state index contributed by atoms with van der Waals surface area (Å²) in [6, 6.07) is 6.95. The SMILES string of the molecule is Cl.O=[N+]([O-])c1ccccc1C1CNC1. The molecule has 1 aliphatic rings. The van der Waals surface area contributed by atoms with Crippen LogP contribution < -0.4 is 5.32 Å². The van der Waals surface area contributed by atoms with Gasteiger partial charge in [0.05, 0.1) is 4.92 Å². The van der Waals surface area contributed by atoms with E-state index in [0.717, 1.165) is 18.7 Å². The lowest BCUT2D eigenvalue weighted by Gasteiger charge is -2.26. The third-order valence-electron chi connectivity index (χ3n) is 2.35. The average molecular weight is 215 g/mol. The summed E-state index contributed by atoms with van der Waals surface area (Å²) >= 11 is 0. The van der Waals surface area contributed by atoms with Gasteiger partial charge in [0.15, 0.2) is 0 Å². The number of para-hydroxylation sites is 1. The van der Waals surface area contributed by atoms with Crippen molar-refractivity contribution in [1.82, 2.24) is 5.32 Å². The Kier molecular flexibility index (Phi) is 3.43. The van der Waals surface area contributed by atoms with E-state index < -0.39 is 0 Å². The fourth-order valence-corrected chi connectivity index (χ4v) is 1.51. The highest BCUT2D eigenvalue weighted by Gasteiger charge is 2.25. The Morgan fingerprint density at radius 2 is 2.00 bits per heavy atom.